The Balaban J connectivity index is 1.97. The summed E-state index contributed by atoms with van der Waals surface area (Å²) in [6, 6.07) is 11.7. The minimum absolute atomic E-state index is 0.101. The third-order valence-corrected chi connectivity index (χ3v) is 3.84. The quantitative estimate of drug-likeness (QED) is 0.515. The first-order chi connectivity index (χ1) is 8.65. The molecule has 1 heterocycles. The zero-order valence-corrected chi connectivity index (χ0v) is 12.0. The van der Waals surface area contributed by atoms with E-state index in [1.165, 1.54) is 5.56 Å². The number of nitrogens with one attached hydrogen (secondary N) is 1. The van der Waals surface area contributed by atoms with Crippen molar-refractivity contribution in [1.29, 1.82) is 5.41 Å². The molecule has 5 heteroatoms. The molecule has 0 bridgehead atoms. The van der Waals surface area contributed by atoms with Crippen LogP contribution in [0.3, 0.4) is 0 Å². The lowest BCUT2D eigenvalue weighted by molar-refractivity contribution is 1.12. The van der Waals surface area contributed by atoms with Crippen molar-refractivity contribution < 1.29 is 0 Å². The van der Waals surface area contributed by atoms with E-state index in [0.717, 1.165) is 20.8 Å². The molecule has 0 aliphatic rings. The molecule has 2 rings (SSSR count). The van der Waals surface area contributed by atoms with Gasteiger partial charge in [-0.3, -0.25) is 5.41 Å². The average Bonchev–Trinajstić information content (AvgIpc) is 2.38. The first kappa shape index (κ1) is 13.1. The number of hydrogen-bond donors (Lipinski definition) is 2. The van der Waals surface area contributed by atoms with Gasteiger partial charge in [0.25, 0.3) is 0 Å². The fourth-order valence-electron chi connectivity index (χ4n) is 1.39. The van der Waals surface area contributed by atoms with Gasteiger partial charge in [-0.15, -0.1) is 11.8 Å². The maximum absolute atomic E-state index is 7.32. The van der Waals surface area contributed by atoms with Crippen LogP contribution in [0.4, 0.5) is 0 Å². The van der Waals surface area contributed by atoms with Crippen molar-refractivity contribution >= 4 is 33.5 Å². The van der Waals surface area contributed by atoms with E-state index in [2.05, 4.69) is 20.9 Å². The molecule has 2 aromatic rings. The molecule has 1 aromatic heterocycles. The summed E-state index contributed by atoms with van der Waals surface area (Å²) in [4.78, 5) is 4.30. The van der Waals surface area contributed by atoms with Crippen LogP contribution in [-0.2, 0) is 5.75 Å². The van der Waals surface area contributed by atoms with Crippen molar-refractivity contribution in [2.45, 2.75) is 10.8 Å². The summed E-state index contributed by atoms with van der Waals surface area (Å²) in [7, 11) is 0. The number of benzene rings is 1. The highest BCUT2D eigenvalue weighted by Crippen LogP contribution is 2.22. The van der Waals surface area contributed by atoms with Crippen molar-refractivity contribution in [2.24, 2.45) is 5.73 Å². The molecule has 3 N–H and O–H groups in total. The predicted molar refractivity (Wildman–Crippen MR) is 79.0 cm³/mol. The topological polar surface area (TPSA) is 62.8 Å². The molecule has 0 unspecified atom stereocenters. The number of nitrogen functional groups attached to an aromatic ring is 1. The van der Waals surface area contributed by atoms with Gasteiger partial charge in [-0.1, -0.05) is 24.3 Å². The van der Waals surface area contributed by atoms with Crippen LogP contribution in [0.25, 0.3) is 0 Å². The summed E-state index contributed by atoms with van der Waals surface area (Å²) in [5.41, 5.74) is 7.35. The maximum atomic E-state index is 7.32. The highest BCUT2D eigenvalue weighted by atomic mass is 79.9. The zero-order chi connectivity index (χ0) is 13.0. The highest BCUT2D eigenvalue weighted by molar-refractivity contribution is 9.10. The van der Waals surface area contributed by atoms with E-state index in [9.17, 15) is 0 Å². The lowest BCUT2D eigenvalue weighted by atomic mass is 10.1. The molecule has 0 atom stereocenters. The summed E-state index contributed by atoms with van der Waals surface area (Å²) < 4.78 is 0.984. The Labute approximate surface area is 118 Å². The molecule has 0 aliphatic carbocycles. The van der Waals surface area contributed by atoms with Crippen molar-refractivity contribution in [3.8, 4) is 0 Å². The highest BCUT2D eigenvalue weighted by Gasteiger charge is 1.99. The van der Waals surface area contributed by atoms with Gasteiger partial charge in [-0.05, 0) is 33.6 Å². The normalized spacial score (nSPS) is 10.3. The van der Waals surface area contributed by atoms with E-state index in [4.69, 9.17) is 11.1 Å². The van der Waals surface area contributed by atoms with Crippen LogP contribution in [0.2, 0.25) is 0 Å². The van der Waals surface area contributed by atoms with E-state index in [-0.39, 0.29) is 5.84 Å². The molecule has 1 aromatic carbocycles. The molecular formula is C13H12BrN3S. The summed E-state index contributed by atoms with van der Waals surface area (Å²) >= 11 is 5.04. The first-order valence-corrected chi connectivity index (χ1v) is 7.11. The summed E-state index contributed by atoms with van der Waals surface area (Å²) in [5.74, 6) is 0.955. The molecule has 0 fully saturated rings. The van der Waals surface area contributed by atoms with Crippen molar-refractivity contribution in [1.82, 2.24) is 4.98 Å². The molecule has 0 radical (unpaired) electrons. The lowest BCUT2D eigenvalue weighted by Crippen LogP contribution is -2.10. The first-order valence-electron chi connectivity index (χ1n) is 5.33. The second-order valence-electron chi connectivity index (χ2n) is 3.71. The van der Waals surface area contributed by atoms with Crippen molar-refractivity contribution in [3.05, 3.63) is 58.2 Å². The number of halogens is 1. The Morgan fingerprint density at radius 2 is 1.94 bits per heavy atom. The standard InChI is InChI=1S/C13H12BrN3S/c14-11-5-6-12(17-7-11)18-8-9-1-3-10(4-2-9)13(15)16/h1-7H,8H2,(H3,15,16). The van der Waals surface area contributed by atoms with Crippen LogP contribution in [0.15, 0.2) is 52.1 Å². The zero-order valence-electron chi connectivity index (χ0n) is 9.56. The summed E-state index contributed by atoms with van der Waals surface area (Å²) in [6.07, 6.45) is 1.79. The maximum Gasteiger partial charge on any atom is 0.122 e. The smallest absolute Gasteiger partial charge is 0.122 e. The van der Waals surface area contributed by atoms with E-state index in [0.29, 0.717) is 0 Å². The fraction of sp³-hybridized carbons (Fsp3) is 0.0769. The van der Waals surface area contributed by atoms with Gasteiger partial charge < -0.3 is 5.73 Å². The molecule has 0 saturated carbocycles. The van der Waals surface area contributed by atoms with Crippen LogP contribution >= 0.6 is 27.7 Å². The number of amidine groups is 1. The van der Waals surface area contributed by atoms with E-state index in [1.54, 1.807) is 18.0 Å². The SMILES string of the molecule is N=C(N)c1ccc(CSc2ccc(Br)cn2)cc1. The molecule has 0 aliphatic heterocycles. The number of pyridine rings is 1. The predicted octanol–water partition coefficient (Wildman–Crippen LogP) is 3.42. The van der Waals surface area contributed by atoms with Gasteiger partial charge in [-0.25, -0.2) is 4.98 Å². The molecule has 92 valence electrons. The third-order valence-electron chi connectivity index (χ3n) is 2.35. The largest absolute Gasteiger partial charge is 0.384 e. The molecule has 18 heavy (non-hydrogen) atoms. The van der Waals surface area contributed by atoms with Crippen LogP contribution in [0.1, 0.15) is 11.1 Å². The molecule has 3 nitrogen and oxygen atoms in total. The van der Waals surface area contributed by atoms with Gasteiger partial charge in [0.2, 0.25) is 0 Å². The number of nitrogens with zero attached hydrogens (tertiary/aromatic N) is 1. The third kappa shape index (κ3) is 3.58. The Bertz CT molecular complexity index is 537. The van der Waals surface area contributed by atoms with Crippen LogP contribution in [0.5, 0.6) is 0 Å². The fourth-order valence-corrected chi connectivity index (χ4v) is 2.42. The van der Waals surface area contributed by atoms with Crippen LogP contribution < -0.4 is 5.73 Å². The second kappa shape index (κ2) is 6.02. The monoisotopic (exact) mass is 321 g/mol. The Kier molecular flexibility index (Phi) is 4.38. The van der Waals surface area contributed by atoms with Gasteiger partial charge in [0, 0.05) is 22.0 Å². The average molecular weight is 322 g/mol. The molecule has 0 amide bonds. The van der Waals surface area contributed by atoms with Gasteiger partial charge in [0.15, 0.2) is 0 Å². The van der Waals surface area contributed by atoms with Gasteiger partial charge in [-0.2, -0.15) is 0 Å². The van der Waals surface area contributed by atoms with Crippen molar-refractivity contribution in [2.75, 3.05) is 0 Å². The van der Waals surface area contributed by atoms with E-state index >= 15 is 0 Å². The number of nitrogens with two attached hydrogens (primary N) is 1. The molecule has 0 spiro atoms. The number of rotatable bonds is 4. The van der Waals surface area contributed by atoms with Crippen LogP contribution in [0, 0.1) is 5.41 Å². The number of hydrogen-bond acceptors (Lipinski definition) is 3. The number of thioether (sulfide) groups is 1. The van der Waals surface area contributed by atoms with Crippen molar-refractivity contribution in [3.63, 3.8) is 0 Å². The second-order valence-corrected chi connectivity index (χ2v) is 5.63. The van der Waals surface area contributed by atoms with Gasteiger partial charge >= 0.3 is 0 Å². The van der Waals surface area contributed by atoms with Crippen LogP contribution in [-0.4, -0.2) is 10.8 Å². The summed E-state index contributed by atoms with van der Waals surface area (Å²) in [6.45, 7) is 0. The Morgan fingerprint density at radius 1 is 1.22 bits per heavy atom. The minimum atomic E-state index is 0.101. The Morgan fingerprint density at radius 3 is 2.50 bits per heavy atom. The molecule has 0 saturated heterocycles. The lowest BCUT2D eigenvalue weighted by Gasteiger charge is -2.03. The number of aromatic nitrogens is 1. The van der Waals surface area contributed by atoms with E-state index in [1.807, 2.05) is 36.4 Å². The van der Waals surface area contributed by atoms with E-state index < -0.39 is 0 Å². The van der Waals surface area contributed by atoms with Gasteiger partial charge in [0.1, 0.15) is 5.84 Å². The summed E-state index contributed by atoms with van der Waals surface area (Å²) in [5, 5.41) is 8.31. The molecular weight excluding hydrogens is 310 g/mol. The minimum Gasteiger partial charge on any atom is -0.384 e. The Hall–Kier alpha value is -1.33. The van der Waals surface area contributed by atoms with Gasteiger partial charge in [0.05, 0.1) is 5.03 Å².